The number of nitrogens with zero attached hydrogens (tertiary/aromatic N) is 2. The van der Waals surface area contributed by atoms with Crippen LogP contribution in [-0.2, 0) is 20.6 Å². The van der Waals surface area contributed by atoms with Gasteiger partial charge in [0.1, 0.15) is 0 Å². The third kappa shape index (κ3) is 1.88. The molecule has 0 N–H and O–H groups in total. The van der Waals surface area contributed by atoms with E-state index in [2.05, 4.69) is 54.6 Å². The van der Waals surface area contributed by atoms with Gasteiger partial charge in [-0.1, -0.05) is 67.1 Å². The fraction of sp³-hybridized carbons (Fsp3) is 0.500. The lowest BCUT2D eigenvalue weighted by atomic mass is 9.56. The van der Waals surface area contributed by atoms with Crippen LogP contribution in [-0.4, -0.2) is 19.0 Å². The van der Waals surface area contributed by atoms with E-state index in [1.807, 2.05) is 19.9 Å². The first-order valence-corrected chi connectivity index (χ1v) is 10.5. The molecule has 2 unspecified atom stereocenters. The fourth-order valence-corrected chi connectivity index (χ4v) is 6.15. The molecular weight excluding hydrogens is 348 g/mol. The van der Waals surface area contributed by atoms with Gasteiger partial charge in [-0.2, -0.15) is 10.2 Å². The fourth-order valence-electron chi connectivity index (χ4n) is 6.15. The van der Waals surface area contributed by atoms with Gasteiger partial charge in [0.25, 0.3) is 0 Å². The normalized spacial score (nSPS) is 31.2. The summed E-state index contributed by atoms with van der Waals surface area (Å²) in [5, 5.41) is 10.1. The Hall–Kier alpha value is -2.04. The number of rotatable bonds is 6. The van der Waals surface area contributed by atoms with Gasteiger partial charge < -0.3 is 9.47 Å². The summed E-state index contributed by atoms with van der Waals surface area (Å²) in [5.41, 5.74) is 1.10. The standard InChI is InChI=1S/C24H28N2O2/c1-3-27-24(28-4-2)22(19-12-7-5-8-13-19)18-21(16-11-17-21)23(24,26-25-22)20-14-9-6-10-15-20/h5-10,12-15H,3-4,11,16-18H2,1-2H3. The number of hydrogen-bond acceptors (Lipinski definition) is 4. The number of azo groups is 1. The van der Waals surface area contributed by atoms with Gasteiger partial charge in [-0.25, -0.2) is 0 Å². The highest BCUT2D eigenvalue weighted by Gasteiger charge is 2.85. The van der Waals surface area contributed by atoms with Crippen molar-refractivity contribution in [3.05, 3.63) is 71.8 Å². The zero-order chi connectivity index (χ0) is 19.3. The van der Waals surface area contributed by atoms with Crippen molar-refractivity contribution in [3.63, 3.8) is 0 Å². The smallest absolute Gasteiger partial charge is 0.232 e. The minimum atomic E-state index is -0.924. The van der Waals surface area contributed by atoms with Gasteiger partial charge in [0.05, 0.1) is 0 Å². The van der Waals surface area contributed by atoms with E-state index in [1.165, 1.54) is 6.42 Å². The number of hydrogen-bond donors (Lipinski definition) is 0. The van der Waals surface area contributed by atoms with Gasteiger partial charge in [0.2, 0.25) is 5.79 Å². The molecule has 0 aromatic heterocycles. The van der Waals surface area contributed by atoms with Crippen LogP contribution in [0.3, 0.4) is 0 Å². The van der Waals surface area contributed by atoms with Crippen LogP contribution < -0.4 is 0 Å². The SMILES string of the molecule is CCOC1(OCC)C2(c3ccccc3)CC3(CCC3)C1(c1ccccc1)N=N2. The maximum absolute atomic E-state index is 6.65. The first-order valence-electron chi connectivity index (χ1n) is 10.5. The molecule has 2 aromatic rings. The van der Waals surface area contributed by atoms with Crippen molar-refractivity contribution in [2.75, 3.05) is 13.2 Å². The zero-order valence-electron chi connectivity index (χ0n) is 16.7. The summed E-state index contributed by atoms with van der Waals surface area (Å²) in [7, 11) is 0. The molecule has 3 aliphatic rings. The van der Waals surface area contributed by atoms with Crippen molar-refractivity contribution in [2.24, 2.45) is 15.6 Å². The molecule has 2 atom stereocenters. The van der Waals surface area contributed by atoms with Crippen LogP contribution in [0.1, 0.15) is 50.7 Å². The molecule has 1 heterocycles. The second-order valence-corrected chi connectivity index (χ2v) is 8.30. The molecule has 0 saturated heterocycles. The molecule has 4 heteroatoms. The van der Waals surface area contributed by atoms with Crippen LogP contribution in [0, 0.1) is 5.41 Å². The van der Waals surface area contributed by atoms with Gasteiger partial charge in [-0.05, 0) is 44.2 Å². The Labute approximate surface area is 167 Å². The molecule has 5 rings (SSSR count). The Balaban J connectivity index is 1.83. The highest BCUT2D eigenvalue weighted by Crippen LogP contribution is 2.78. The predicted octanol–water partition coefficient (Wildman–Crippen LogP) is 5.59. The maximum atomic E-state index is 6.65. The quantitative estimate of drug-likeness (QED) is 0.617. The largest absolute Gasteiger partial charge is 0.345 e. The molecule has 4 nitrogen and oxygen atoms in total. The van der Waals surface area contributed by atoms with E-state index in [4.69, 9.17) is 19.7 Å². The van der Waals surface area contributed by atoms with Crippen molar-refractivity contribution in [1.82, 2.24) is 0 Å². The van der Waals surface area contributed by atoms with Gasteiger partial charge >= 0.3 is 0 Å². The van der Waals surface area contributed by atoms with E-state index >= 15 is 0 Å². The van der Waals surface area contributed by atoms with Crippen molar-refractivity contribution in [1.29, 1.82) is 0 Å². The van der Waals surface area contributed by atoms with Crippen molar-refractivity contribution >= 4 is 0 Å². The molecule has 0 amide bonds. The van der Waals surface area contributed by atoms with Crippen LogP contribution in [0.25, 0.3) is 0 Å². The molecule has 146 valence electrons. The Morgan fingerprint density at radius 1 is 0.786 bits per heavy atom. The summed E-state index contributed by atoms with van der Waals surface area (Å²) in [6.07, 6.45) is 4.42. The van der Waals surface area contributed by atoms with E-state index in [0.29, 0.717) is 13.2 Å². The Morgan fingerprint density at radius 3 is 1.86 bits per heavy atom. The predicted molar refractivity (Wildman–Crippen MR) is 108 cm³/mol. The first-order chi connectivity index (χ1) is 13.7. The lowest BCUT2D eigenvalue weighted by molar-refractivity contribution is -0.290. The molecule has 0 radical (unpaired) electrons. The summed E-state index contributed by atoms with van der Waals surface area (Å²) in [6, 6.07) is 21.1. The lowest BCUT2D eigenvalue weighted by Crippen LogP contribution is -2.61. The average Bonchev–Trinajstić information content (AvgIpc) is 3.12. The van der Waals surface area contributed by atoms with Crippen LogP contribution >= 0.6 is 0 Å². The van der Waals surface area contributed by atoms with E-state index in [-0.39, 0.29) is 5.41 Å². The molecule has 2 aromatic carbocycles. The molecular formula is C24H28N2O2. The summed E-state index contributed by atoms with van der Waals surface area (Å²) in [6.45, 7) is 5.21. The first kappa shape index (κ1) is 18.0. The Morgan fingerprint density at radius 2 is 1.36 bits per heavy atom. The monoisotopic (exact) mass is 376 g/mol. The molecule has 28 heavy (non-hydrogen) atoms. The van der Waals surface area contributed by atoms with Gasteiger partial charge in [0, 0.05) is 18.6 Å². The van der Waals surface area contributed by atoms with Crippen molar-refractivity contribution in [2.45, 2.75) is 56.4 Å². The summed E-state index contributed by atoms with van der Waals surface area (Å²) >= 11 is 0. The van der Waals surface area contributed by atoms with Crippen LogP contribution in [0.2, 0.25) is 0 Å². The van der Waals surface area contributed by atoms with Crippen LogP contribution in [0.4, 0.5) is 0 Å². The zero-order valence-corrected chi connectivity index (χ0v) is 16.7. The minimum absolute atomic E-state index is 0.0241. The highest BCUT2D eigenvalue weighted by atomic mass is 16.7. The Bertz CT molecular complexity index is 872. The minimum Gasteiger partial charge on any atom is -0.345 e. The maximum Gasteiger partial charge on any atom is 0.232 e. The number of ether oxygens (including phenoxy) is 2. The summed E-state index contributed by atoms with van der Waals surface area (Å²) in [4.78, 5) is 0. The Kier molecular flexibility index (Phi) is 4.01. The third-order valence-electron chi connectivity index (χ3n) is 7.20. The van der Waals surface area contributed by atoms with E-state index < -0.39 is 16.9 Å². The molecule has 1 aliphatic heterocycles. The topological polar surface area (TPSA) is 43.2 Å². The molecule has 2 aliphatic carbocycles. The molecule has 2 saturated carbocycles. The lowest BCUT2D eigenvalue weighted by Gasteiger charge is -2.52. The van der Waals surface area contributed by atoms with Crippen LogP contribution in [0.15, 0.2) is 70.9 Å². The number of fused-ring (bicyclic) bond motifs is 3. The van der Waals surface area contributed by atoms with Gasteiger partial charge in [-0.15, -0.1) is 0 Å². The van der Waals surface area contributed by atoms with E-state index in [9.17, 15) is 0 Å². The summed E-state index contributed by atoms with van der Waals surface area (Å²) in [5.74, 6) is -0.924. The van der Waals surface area contributed by atoms with Crippen LogP contribution in [0.5, 0.6) is 0 Å². The second-order valence-electron chi connectivity index (χ2n) is 8.30. The highest BCUT2D eigenvalue weighted by molar-refractivity contribution is 5.47. The van der Waals surface area contributed by atoms with Crippen molar-refractivity contribution in [3.8, 4) is 0 Å². The van der Waals surface area contributed by atoms with Crippen molar-refractivity contribution < 1.29 is 9.47 Å². The molecule has 2 fully saturated rings. The molecule has 1 spiro atoms. The summed E-state index contributed by atoms with van der Waals surface area (Å²) < 4.78 is 13.3. The number of benzene rings is 2. The average molecular weight is 377 g/mol. The van der Waals surface area contributed by atoms with Gasteiger partial charge in [-0.3, -0.25) is 0 Å². The van der Waals surface area contributed by atoms with E-state index in [1.54, 1.807) is 0 Å². The van der Waals surface area contributed by atoms with E-state index in [0.717, 1.165) is 30.4 Å². The second kappa shape index (κ2) is 6.23. The molecule has 2 bridgehead atoms. The van der Waals surface area contributed by atoms with Gasteiger partial charge in [0.15, 0.2) is 11.1 Å². The third-order valence-corrected chi connectivity index (χ3v) is 7.20.